The Kier molecular flexibility index (Phi) is 2.15. The van der Waals surface area contributed by atoms with Crippen LogP contribution in [-0.2, 0) is 4.79 Å². The van der Waals surface area contributed by atoms with E-state index in [4.69, 9.17) is 10.8 Å². The maximum absolute atomic E-state index is 10.3. The quantitative estimate of drug-likeness (QED) is 0.519. The lowest BCUT2D eigenvalue weighted by Crippen LogP contribution is -2.42. The highest BCUT2D eigenvalue weighted by atomic mass is 16.4. The van der Waals surface area contributed by atoms with Crippen LogP contribution in [0.1, 0.15) is 19.3 Å². The molecular weight excluding hydrogens is 146 g/mol. The fraction of sp³-hybridized carbons (Fsp3) is 0.857. The van der Waals surface area contributed by atoms with Gasteiger partial charge in [-0.25, -0.2) is 0 Å². The van der Waals surface area contributed by atoms with E-state index in [9.17, 15) is 9.90 Å². The average molecular weight is 159 g/mol. The van der Waals surface area contributed by atoms with Crippen LogP contribution < -0.4 is 5.73 Å². The summed E-state index contributed by atoms with van der Waals surface area (Å²) in [7, 11) is 0. The van der Waals surface area contributed by atoms with Crippen molar-refractivity contribution >= 4 is 5.97 Å². The van der Waals surface area contributed by atoms with E-state index in [1.54, 1.807) is 0 Å². The fourth-order valence-electron chi connectivity index (χ4n) is 1.27. The number of carbonyl (C=O) groups is 1. The Bertz CT molecular complexity index is 167. The minimum Gasteiger partial charge on any atom is -0.481 e. The molecule has 0 aromatic heterocycles. The molecule has 1 atom stereocenters. The normalized spacial score (nSPS) is 22.7. The second kappa shape index (κ2) is 2.79. The number of carboxylic acids is 1. The Labute approximate surface area is 65.0 Å². The van der Waals surface area contributed by atoms with Crippen LogP contribution in [0.2, 0.25) is 0 Å². The van der Waals surface area contributed by atoms with Crippen molar-refractivity contribution in [2.75, 3.05) is 6.54 Å². The number of rotatable bonds is 4. The van der Waals surface area contributed by atoms with Gasteiger partial charge in [-0.05, 0) is 18.8 Å². The third kappa shape index (κ3) is 1.91. The molecule has 0 aromatic rings. The topological polar surface area (TPSA) is 83.5 Å². The van der Waals surface area contributed by atoms with Gasteiger partial charge in [-0.2, -0.15) is 0 Å². The minimum atomic E-state index is -1.15. The smallest absolute Gasteiger partial charge is 0.306 e. The van der Waals surface area contributed by atoms with Crippen LogP contribution in [0.4, 0.5) is 0 Å². The van der Waals surface area contributed by atoms with Crippen molar-refractivity contribution in [1.29, 1.82) is 0 Å². The molecule has 1 aliphatic carbocycles. The molecule has 1 saturated carbocycles. The van der Waals surface area contributed by atoms with Gasteiger partial charge >= 0.3 is 5.97 Å². The zero-order chi connectivity index (χ0) is 8.48. The monoisotopic (exact) mass is 159 g/mol. The van der Waals surface area contributed by atoms with Crippen LogP contribution in [0.25, 0.3) is 0 Å². The molecule has 0 radical (unpaired) electrons. The Balaban J connectivity index is 2.51. The van der Waals surface area contributed by atoms with Crippen LogP contribution in [-0.4, -0.2) is 28.3 Å². The molecule has 4 N–H and O–H groups in total. The van der Waals surface area contributed by atoms with E-state index in [2.05, 4.69) is 0 Å². The zero-order valence-corrected chi connectivity index (χ0v) is 6.29. The molecule has 0 spiro atoms. The van der Waals surface area contributed by atoms with Gasteiger partial charge < -0.3 is 15.9 Å². The summed E-state index contributed by atoms with van der Waals surface area (Å²) in [5.41, 5.74) is 4.14. The standard InChI is InChI=1S/C7H13NO3/c8-4-7(11,3-6(9)10)5-1-2-5/h5,11H,1-4,8H2,(H,9,10). The van der Waals surface area contributed by atoms with E-state index < -0.39 is 11.6 Å². The highest BCUT2D eigenvalue weighted by molar-refractivity contribution is 5.68. The molecule has 0 bridgehead atoms. The van der Waals surface area contributed by atoms with Gasteiger partial charge in [0, 0.05) is 6.54 Å². The molecule has 11 heavy (non-hydrogen) atoms. The maximum atomic E-state index is 10.3. The van der Waals surface area contributed by atoms with Gasteiger partial charge in [0.1, 0.15) is 0 Å². The van der Waals surface area contributed by atoms with Crippen molar-refractivity contribution in [2.24, 2.45) is 11.7 Å². The summed E-state index contributed by atoms with van der Waals surface area (Å²) < 4.78 is 0. The molecule has 0 aromatic carbocycles. The van der Waals surface area contributed by atoms with Crippen molar-refractivity contribution in [3.63, 3.8) is 0 Å². The number of hydrogen-bond donors (Lipinski definition) is 3. The molecule has 0 amide bonds. The largest absolute Gasteiger partial charge is 0.481 e. The number of aliphatic carboxylic acids is 1. The first kappa shape index (κ1) is 8.49. The highest BCUT2D eigenvalue weighted by Crippen LogP contribution is 2.40. The van der Waals surface area contributed by atoms with Crippen molar-refractivity contribution in [2.45, 2.75) is 24.9 Å². The summed E-state index contributed by atoms with van der Waals surface area (Å²) in [5.74, 6) is -0.867. The van der Waals surface area contributed by atoms with E-state index in [0.29, 0.717) is 0 Å². The Morgan fingerprint density at radius 3 is 2.45 bits per heavy atom. The Hall–Kier alpha value is -0.610. The molecule has 4 heteroatoms. The summed E-state index contributed by atoms with van der Waals surface area (Å²) in [6.45, 7) is 0.0456. The van der Waals surface area contributed by atoms with Gasteiger partial charge in [0.05, 0.1) is 12.0 Å². The molecule has 1 fully saturated rings. The van der Waals surface area contributed by atoms with Crippen LogP contribution in [0.15, 0.2) is 0 Å². The van der Waals surface area contributed by atoms with Crippen LogP contribution >= 0.6 is 0 Å². The average Bonchev–Trinajstić information content (AvgIpc) is 2.66. The van der Waals surface area contributed by atoms with Crippen molar-refractivity contribution in [1.82, 2.24) is 0 Å². The molecule has 0 aliphatic heterocycles. The second-order valence-corrected chi connectivity index (χ2v) is 3.15. The Morgan fingerprint density at radius 2 is 2.18 bits per heavy atom. The first-order valence-corrected chi connectivity index (χ1v) is 3.73. The number of aliphatic hydroxyl groups is 1. The lowest BCUT2D eigenvalue weighted by molar-refractivity contribution is -0.143. The predicted molar refractivity (Wildman–Crippen MR) is 39.0 cm³/mol. The van der Waals surface area contributed by atoms with Gasteiger partial charge in [-0.15, -0.1) is 0 Å². The lowest BCUT2D eigenvalue weighted by Gasteiger charge is -2.23. The van der Waals surface area contributed by atoms with E-state index in [-0.39, 0.29) is 18.9 Å². The molecule has 1 rings (SSSR count). The third-order valence-corrected chi connectivity index (χ3v) is 2.15. The number of nitrogens with two attached hydrogens (primary N) is 1. The Morgan fingerprint density at radius 1 is 1.64 bits per heavy atom. The first-order chi connectivity index (χ1) is 5.08. The molecule has 1 unspecified atom stereocenters. The summed E-state index contributed by atoms with van der Waals surface area (Å²) in [6, 6.07) is 0. The molecule has 1 aliphatic rings. The highest BCUT2D eigenvalue weighted by Gasteiger charge is 2.44. The summed E-state index contributed by atoms with van der Waals surface area (Å²) >= 11 is 0. The predicted octanol–water partition coefficient (Wildman–Crippen LogP) is -0.439. The second-order valence-electron chi connectivity index (χ2n) is 3.15. The maximum Gasteiger partial charge on any atom is 0.306 e. The molecule has 0 saturated heterocycles. The van der Waals surface area contributed by atoms with E-state index in [1.165, 1.54) is 0 Å². The van der Waals surface area contributed by atoms with Crippen LogP contribution in [0, 0.1) is 5.92 Å². The van der Waals surface area contributed by atoms with Gasteiger partial charge in [0.2, 0.25) is 0 Å². The number of carboxylic acid groups (broad SMARTS) is 1. The zero-order valence-electron chi connectivity index (χ0n) is 6.29. The van der Waals surface area contributed by atoms with Gasteiger partial charge in [-0.3, -0.25) is 4.79 Å². The van der Waals surface area contributed by atoms with Crippen molar-refractivity contribution in [3.8, 4) is 0 Å². The van der Waals surface area contributed by atoms with Gasteiger partial charge in [0.15, 0.2) is 0 Å². The van der Waals surface area contributed by atoms with Crippen molar-refractivity contribution < 1.29 is 15.0 Å². The summed E-state index contributed by atoms with van der Waals surface area (Å²) in [6.07, 6.45) is 1.58. The SMILES string of the molecule is NCC(O)(CC(=O)O)C1CC1. The van der Waals surface area contributed by atoms with Gasteiger partial charge in [-0.1, -0.05) is 0 Å². The summed E-state index contributed by atoms with van der Waals surface area (Å²) in [4.78, 5) is 10.3. The van der Waals surface area contributed by atoms with E-state index in [1.807, 2.05) is 0 Å². The van der Waals surface area contributed by atoms with Crippen LogP contribution in [0.3, 0.4) is 0 Å². The van der Waals surface area contributed by atoms with Crippen molar-refractivity contribution in [3.05, 3.63) is 0 Å². The third-order valence-electron chi connectivity index (χ3n) is 2.15. The minimum absolute atomic E-state index is 0.0456. The fourth-order valence-corrected chi connectivity index (χ4v) is 1.27. The summed E-state index contributed by atoms with van der Waals surface area (Å²) in [5, 5.41) is 18.1. The molecule has 4 nitrogen and oxygen atoms in total. The number of hydrogen-bond acceptors (Lipinski definition) is 3. The van der Waals surface area contributed by atoms with Gasteiger partial charge in [0.25, 0.3) is 0 Å². The van der Waals surface area contributed by atoms with E-state index >= 15 is 0 Å². The first-order valence-electron chi connectivity index (χ1n) is 3.73. The molecular formula is C7H13NO3. The molecule has 0 heterocycles. The lowest BCUT2D eigenvalue weighted by atomic mass is 9.94. The van der Waals surface area contributed by atoms with E-state index in [0.717, 1.165) is 12.8 Å². The van der Waals surface area contributed by atoms with Crippen LogP contribution in [0.5, 0.6) is 0 Å². The molecule has 64 valence electrons.